The van der Waals surface area contributed by atoms with Gasteiger partial charge in [-0.05, 0) is 28.5 Å². The third kappa shape index (κ3) is 4.10. The Kier molecular flexibility index (Phi) is 4.72. The van der Waals surface area contributed by atoms with Gasteiger partial charge in [0.15, 0.2) is 0 Å². The molecule has 0 saturated heterocycles. The first-order valence-corrected chi connectivity index (χ1v) is 7.50. The van der Waals surface area contributed by atoms with Gasteiger partial charge in [0.1, 0.15) is 0 Å². The summed E-state index contributed by atoms with van der Waals surface area (Å²) in [5.41, 5.74) is 3.53. The molecule has 120 valence electrons. The number of fused-ring (bicyclic) bond motifs is 1. The summed E-state index contributed by atoms with van der Waals surface area (Å²) in [7, 11) is 0. The maximum Gasteiger partial charge on any atom is 0.352 e. The van der Waals surface area contributed by atoms with Crippen LogP contribution >= 0.6 is 0 Å². The van der Waals surface area contributed by atoms with Crippen LogP contribution in [-0.2, 0) is 16.1 Å². The van der Waals surface area contributed by atoms with Crippen LogP contribution in [0.3, 0.4) is 0 Å². The number of hydrogen-bond acceptors (Lipinski definition) is 3. The molecule has 0 atom stereocenters. The van der Waals surface area contributed by atoms with Crippen LogP contribution in [0.5, 0.6) is 0 Å². The minimum Gasteiger partial charge on any atom is -0.339 e. The number of anilines is 1. The Balaban J connectivity index is 1.52. The molecule has 0 aromatic heterocycles. The van der Waals surface area contributed by atoms with Gasteiger partial charge in [-0.15, -0.1) is 0 Å². The molecule has 3 rings (SSSR count). The van der Waals surface area contributed by atoms with Crippen LogP contribution in [0.2, 0.25) is 0 Å². The molecule has 0 heterocycles. The normalized spacial score (nSPS) is 10.2. The molecule has 0 unspecified atom stereocenters. The van der Waals surface area contributed by atoms with Gasteiger partial charge in [-0.25, -0.2) is 9.59 Å². The van der Waals surface area contributed by atoms with Crippen LogP contribution in [0.25, 0.3) is 10.8 Å². The molecule has 0 spiro atoms. The Hall–Kier alpha value is -3.34. The lowest BCUT2D eigenvalue weighted by atomic mass is 10.1. The van der Waals surface area contributed by atoms with Crippen molar-refractivity contribution in [2.75, 3.05) is 5.32 Å². The average Bonchev–Trinajstić information content (AvgIpc) is 2.61. The topological polar surface area (TPSA) is 67.4 Å². The average molecular weight is 320 g/mol. The highest BCUT2D eigenvalue weighted by Crippen LogP contribution is 2.18. The molecule has 3 aromatic carbocycles. The number of urea groups is 1. The van der Waals surface area contributed by atoms with Crippen molar-refractivity contribution in [1.82, 2.24) is 5.48 Å². The fraction of sp³-hybridized carbons (Fsp3) is 0.0526. The van der Waals surface area contributed by atoms with Crippen molar-refractivity contribution in [1.29, 1.82) is 0 Å². The van der Waals surface area contributed by atoms with E-state index in [0.717, 1.165) is 16.3 Å². The van der Waals surface area contributed by atoms with Crippen LogP contribution in [-0.4, -0.2) is 12.0 Å². The zero-order valence-corrected chi connectivity index (χ0v) is 12.9. The van der Waals surface area contributed by atoms with Gasteiger partial charge in [-0.2, -0.15) is 5.48 Å². The summed E-state index contributed by atoms with van der Waals surface area (Å²) in [6, 6.07) is 21.9. The second kappa shape index (κ2) is 7.28. The lowest BCUT2D eigenvalue weighted by molar-refractivity contribution is -0.147. The zero-order chi connectivity index (χ0) is 16.8. The van der Waals surface area contributed by atoms with Gasteiger partial charge in [0.05, 0.1) is 6.42 Å². The van der Waals surface area contributed by atoms with Crippen LogP contribution in [0.4, 0.5) is 10.5 Å². The molecule has 0 aliphatic heterocycles. The summed E-state index contributed by atoms with van der Waals surface area (Å²) in [6.07, 6.45) is 0.0943. The summed E-state index contributed by atoms with van der Waals surface area (Å²) in [5, 5.41) is 4.72. The predicted octanol–water partition coefficient (Wildman–Crippen LogP) is 3.66. The van der Waals surface area contributed by atoms with E-state index in [2.05, 4.69) is 10.8 Å². The van der Waals surface area contributed by atoms with E-state index in [1.54, 1.807) is 6.07 Å². The van der Waals surface area contributed by atoms with Gasteiger partial charge in [-0.3, -0.25) is 0 Å². The summed E-state index contributed by atoms with van der Waals surface area (Å²) >= 11 is 0. The van der Waals surface area contributed by atoms with Gasteiger partial charge in [0, 0.05) is 5.69 Å². The highest BCUT2D eigenvalue weighted by Gasteiger charge is 2.08. The summed E-state index contributed by atoms with van der Waals surface area (Å²) in [4.78, 5) is 28.3. The van der Waals surface area contributed by atoms with Gasteiger partial charge < -0.3 is 10.2 Å². The number of carbonyl (C=O) groups is 2. The number of rotatable bonds is 3. The van der Waals surface area contributed by atoms with Gasteiger partial charge in [0.25, 0.3) is 0 Å². The fourth-order valence-corrected chi connectivity index (χ4v) is 2.33. The van der Waals surface area contributed by atoms with Crippen molar-refractivity contribution in [3.63, 3.8) is 0 Å². The van der Waals surface area contributed by atoms with Crippen LogP contribution < -0.4 is 10.8 Å². The van der Waals surface area contributed by atoms with E-state index in [9.17, 15) is 9.59 Å². The van der Waals surface area contributed by atoms with E-state index in [1.165, 1.54) is 0 Å². The van der Waals surface area contributed by atoms with Gasteiger partial charge in [-0.1, -0.05) is 60.7 Å². The molecule has 0 aliphatic carbocycles. The maximum atomic E-state index is 11.8. The smallest absolute Gasteiger partial charge is 0.339 e. The summed E-state index contributed by atoms with van der Waals surface area (Å²) in [5.74, 6) is -0.533. The molecule has 5 heteroatoms. The predicted molar refractivity (Wildman–Crippen MR) is 92.3 cm³/mol. The van der Waals surface area contributed by atoms with Crippen molar-refractivity contribution < 1.29 is 14.4 Å². The summed E-state index contributed by atoms with van der Waals surface area (Å²) in [6.45, 7) is 0. The Morgan fingerprint density at radius 1 is 0.833 bits per heavy atom. The van der Waals surface area contributed by atoms with Crippen molar-refractivity contribution >= 4 is 28.5 Å². The SMILES string of the molecule is O=C(NOC(=O)Cc1ccccc1)Nc1ccc2ccccc2c1. The maximum absolute atomic E-state index is 11.8. The van der Waals surface area contributed by atoms with Crippen LogP contribution in [0.1, 0.15) is 5.56 Å². The minimum absolute atomic E-state index is 0.0943. The monoisotopic (exact) mass is 320 g/mol. The molecule has 2 N–H and O–H groups in total. The van der Waals surface area contributed by atoms with E-state index < -0.39 is 12.0 Å². The minimum atomic E-state index is -0.605. The first-order chi connectivity index (χ1) is 11.7. The van der Waals surface area contributed by atoms with E-state index >= 15 is 0 Å². The molecule has 0 radical (unpaired) electrons. The van der Waals surface area contributed by atoms with Gasteiger partial charge >= 0.3 is 12.0 Å². The number of hydroxylamine groups is 1. The molecular formula is C19H16N2O3. The second-order valence-corrected chi connectivity index (χ2v) is 5.25. The highest BCUT2D eigenvalue weighted by molar-refractivity contribution is 5.93. The first-order valence-electron chi connectivity index (χ1n) is 7.50. The quantitative estimate of drug-likeness (QED) is 0.724. The first kappa shape index (κ1) is 15.6. The largest absolute Gasteiger partial charge is 0.352 e. The molecule has 2 amide bonds. The molecule has 3 aromatic rings. The number of nitrogens with one attached hydrogen (secondary N) is 2. The molecule has 0 bridgehead atoms. The van der Waals surface area contributed by atoms with Crippen molar-refractivity contribution in [2.45, 2.75) is 6.42 Å². The molecule has 0 fully saturated rings. The number of benzene rings is 3. The lowest BCUT2D eigenvalue weighted by Crippen LogP contribution is -2.31. The van der Waals surface area contributed by atoms with E-state index in [0.29, 0.717) is 5.69 Å². The van der Waals surface area contributed by atoms with Crippen LogP contribution in [0.15, 0.2) is 72.8 Å². The zero-order valence-electron chi connectivity index (χ0n) is 12.9. The number of amides is 2. The van der Waals surface area contributed by atoms with Gasteiger partial charge in [0.2, 0.25) is 0 Å². The molecule has 24 heavy (non-hydrogen) atoms. The Bertz CT molecular complexity index is 863. The molecule has 0 saturated carbocycles. The second-order valence-electron chi connectivity index (χ2n) is 5.25. The third-order valence-electron chi connectivity index (χ3n) is 3.46. The Morgan fingerprint density at radius 2 is 1.54 bits per heavy atom. The number of hydrogen-bond donors (Lipinski definition) is 2. The van der Waals surface area contributed by atoms with Crippen molar-refractivity contribution in [3.05, 3.63) is 78.4 Å². The lowest BCUT2D eigenvalue weighted by Gasteiger charge is -2.08. The highest BCUT2D eigenvalue weighted by atomic mass is 16.7. The van der Waals surface area contributed by atoms with Crippen LogP contribution in [0, 0.1) is 0 Å². The summed E-state index contributed by atoms with van der Waals surface area (Å²) < 4.78 is 0. The van der Waals surface area contributed by atoms with E-state index in [1.807, 2.05) is 66.7 Å². The van der Waals surface area contributed by atoms with Crippen molar-refractivity contribution in [2.24, 2.45) is 0 Å². The third-order valence-corrected chi connectivity index (χ3v) is 3.46. The Labute approximate surface area is 139 Å². The fourth-order valence-electron chi connectivity index (χ4n) is 2.33. The van der Waals surface area contributed by atoms with Crippen molar-refractivity contribution in [3.8, 4) is 0 Å². The molecular weight excluding hydrogens is 304 g/mol. The van der Waals surface area contributed by atoms with E-state index in [4.69, 9.17) is 4.84 Å². The molecule has 0 aliphatic rings. The Morgan fingerprint density at radius 3 is 2.33 bits per heavy atom. The number of carbonyl (C=O) groups excluding carboxylic acids is 2. The standard InChI is InChI=1S/C19H16N2O3/c22-18(12-14-6-2-1-3-7-14)24-21-19(23)20-17-11-10-15-8-4-5-9-16(15)13-17/h1-11,13H,12H2,(H2,20,21,23). The molecule has 5 nitrogen and oxygen atoms in total. The van der Waals surface area contributed by atoms with E-state index in [-0.39, 0.29) is 6.42 Å².